The van der Waals surface area contributed by atoms with Gasteiger partial charge in [0.2, 0.25) is 5.91 Å². The first-order chi connectivity index (χ1) is 16.0. The standard InChI is InChI=1S/C25H23N3O4S/c1-16-7-6-8-17(13-16)26-23(29)15-33-25-27-20-10-5-4-9-19(20)24(30)28(25)18-11-12-21(31-2)22(14-18)32-3/h4-14H,15H2,1-3H3,(H,26,29). The molecule has 4 aromatic rings. The highest BCUT2D eigenvalue weighted by Crippen LogP contribution is 2.30. The fourth-order valence-electron chi connectivity index (χ4n) is 3.45. The number of anilines is 1. The number of fused-ring (bicyclic) bond motifs is 1. The first kappa shape index (κ1) is 22.4. The average Bonchev–Trinajstić information content (AvgIpc) is 2.82. The Morgan fingerprint density at radius 1 is 1.00 bits per heavy atom. The second-order valence-electron chi connectivity index (χ2n) is 7.30. The minimum Gasteiger partial charge on any atom is -0.493 e. The highest BCUT2D eigenvalue weighted by molar-refractivity contribution is 7.99. The van der Waals surface area contributed by atoms with Crippen LogP contribution in [-0.4, -0.2) is 35.4 Å². The molecule has 1 heterocycles. The second kappa shape index (κ2) is 9.79. The van der Waals surface area contributed by atoms with Gasteiger partial charge in [-0.1, -0.05) is 36.0 Å². The van der Waals surface area contributed by atoms with Gasteiger partial charge in [-0.15, -0.1) is 0 Å². The first-order valence-corrected chi connectivity index (χ1v) is 11.2. The van der Waals surface area contributed by atoms with Gasteiger partial charge in [-0.25, -0.2) is 4.98 Å². The number of nitrogens with one attached hydrogen (secondary N) is 1. The highest BCUT2D eigenvalue weighted by atomic mass is 32.2. The Morgan fingerprint density at radius 2 is 1.79 bits per heavy atom. The summed E-state index contributed by atoms with van der Waals surface area (Å²) >= 11 is 1.19. The van der Waals surface area contributed by atoms with Crippen molar-refractivity contribution < 1.29 is 14.3 Å². The summed E-state index contributed by atoms with van der Waals surface area (Å²) in [6.45, 7) is 1.96. The molecule has 0 aliphatic rings. The number of hydrogen-bond donors (Lipinski definition) is 1. The molecule has 3 aromatic carbocycles. The van der Waals surface area contributed by atoms with Gasteiger partial charge in [0.05, 0.1) is 36.6 Å². The van der Waals surface area contributed by atoms with Crippen molar-refractivity contribution >= 4 is 34.3 Å². The second-order valence-corrected chi connectivity index (χ2v) is 8.24. The van der Waals surface area contributed by atoms with Gasteiger partial charge in [-0.2, -0.15) is 0 Å². The molecule has 0 aliphatic heterocycles. The van der Waals surface area contributed by atoms with E-state index >= 15 is 0 Å². The van der Waals surface area contributed by atoms with E-state index in [9.17, 15) is 9.59 Å². The van der Waals surface area contributed by atoms with Gasteiger partial charge in [0.15, 0.2) is 16.7 Å². The average molecular weight is 462 g/mol. The number of thioether (sulfide) groups is 1. The lowest BCUT2D eigenvalue weighted by atomic mass is 10.2. The van der Waals surface area contributed by atoms with E-state index in [4.69, 9.17) is 9.47 Å². The van der Waals surface area contributed by atoms with Crippen LogP contribution in [0.15, 0.2) is 76.7 Å². The number of aromatic nitrogens is 2. The van der Waals surface area contributed by atoms with Crippen molar-refractivity contribution in [2.45, 2.75) is 12.1 Å². The molecule has 1 aromatic heterocycles. The molecule has 0 bridgehead atoms. The van der Waals surface area contributed by atoms with Crippen LogP contribution in [0.1, 0.15) is 5.56 Å². The summed E-state index contributed by atoms with van der Waals surface area (Å²) in [7, 11) is 3.09. The summed E-state index contributed by atoms with van der Waals surface area (Å²) in [4.78, 5) is 30.7. The Balaban J connectivity index is 1.71. The number of aryl methyl sites for hydroxylation is 1. The molecule has 1 N–H and O–H groups in total. The van der Waals surface area contributed by atoms with Gasteiger partial charge >= 0.3 is 0 Å². The fraction of sp³-hybridized carbons (Fsp3) is 0.160. The normalized spacial score (nSPS) is 10.8. The lowest BCUT2D eigenvalue weighted by molar-refractivity contribution is -0.113. The molecule has 0 atom stereocenters. The van der Waals surface area contributed by atoms with Crippen molar-refractivity contribution in [1.82, 2.24) is 9.55 Å². The number of nitrogens with zero attached hydrogens (tertiary/aromatic N) is 2. The topological polar surface area (TPSA) is 82.5 Å². The molecule has 0 radical (unpaired) electrons. The number of amides is 1. The van der Waals surface area contributed by atoms with E-state index in [-0.39, 0.29) is 17.2 Å². The van der Waals surface area contributed by atoms with Gasteiger partial charge < -0.3 is 14.8 Å². The smallest absolute Gasteiger partial charge is 0.266 e. The number of hydrogen-bond acceptors (Lipinski definition) is 6. The molecule has 168 valence electrons. The summed E-state index contributed by atoms with van der Waals surface area (Å²) in [5.41, 5.74) is 2.69. The van der Waals surface area contributed by atoms with E-state index in [1.54, 1.807) is 43.5 Å². The van der Waals surface area contributed by atoms with Crippen LogP contribution in [0.25, 0.3) is 16.6 Å². The van der Waals surface area contributed by atoms with E-state index in [1.807, 2.05) is 37.3 Å². The quantitative estimate of drug-likeness (QED) is 0.324. The Labute approximate surface area is 195 Å². The number of ether oxygens (including phenoxy) is 2. The molecule has 0 saturated heterocycles. The predicted octanol–water partition coefficient (Wildman–Crippen LogP) is 4.44. The van der Waals surface area contributed by atoms with E-state index in [1.165, 1.54) is 23.4 Å². The van der Waals surface area contributed by atoms with E-state index < -0.39 is 0 Å². The minimum atomic E-state index is -0.227. The van der Waals surface area contributed by atoms with Gasteiger partial charge in [0.25, 0.3) is 5.56 Å². The lowest BCUT2D eigenvalue weighted by Crippen LogP contribution is -2.23. The molecule has 7 nitrogen and oxygen atoms in total. The van der Waals surface area contributed by atoms with Gasteiger partial charge in [-0.05, 0) is 48.9 Å². The number of para-hydroxylation sites is 1. The molecule has 0 saturated carbocycles. The molecule has 0 aliphatic carbocycles. The summed E-state index contributed by atoms with van der Waals surface area (Å²) in [5, 5.41) is 3.78. The minimum absolute atomic E-state index is 0.0893. The summed E-state index contributed by atoms with van der Waals surface area (Å²) in [6, 6.07) is 19.9. The van der Waals surface area contributed by atoms with Crippen LogP contribution in [0.5, 0.6) is 11.5 Å². The molecule has 1 amide bonds. The largest absolute Gasteiger partial charge is 0.493 e. The van der Waals surface area contributed by atoms with Crippen LogP contribution in [0.3, 0.4) is 0 Å². The van der Waals surface area contributed by atoms with Crippen molar-refractivity contribution in [3.8, 4) is 17.2 Å². The first-order valence-electron chi connectivity index (χ1n) is 10.2. The number of carbonyl (C=O) groups is 1. The SMILES string of the molecule is COc1ccc(-n2c(SCC(=O)Nc3cccc(C)c3)nc3ccccc3c2=O)cc1OC. The Morgan fingerprint density at radius 3 is 2.55 bits per heavy atom. The number of carbonyl (C=O) groups excluding carboxylic acids is 1. The highest BCUT2D eigenvalue weighted by Gasteiger charge is 2.16. The molecule has 8 heteroatoms. The van der Waals surface area contributed by atoms with Gasteiger partial charge in [0, 0.05) is 11.8 Å². The van der Waals surface area contributed by atoms with E-state index in [2.05, 4.69) is 10.3 Å². The van der Waals surface area contributed by atoms with Crippen LogP contribution >= 0.6 is 11.8 Å². The maximum Gasteiger partial charge on any atom is 0.266 e. The van der Waals surface area contributed by atoms with Crippen molar-refractivity contribution in [1.29, 1.82) is 0 Å². The Kier molecular flexibility index (Phi) is 6.65. The maximum atomic E-state index is 13.4. The third-order valence-electron chi connectivity index (χ3n) is 5.00. The summed E-state index contributed by atoms with van der Waals surface area (Å²) in [5.74, 6) is 0.941. The van der Waals surface area contributed by atoms with Crippen molar-refractivity contribution in [2.75, 3.05) is 25.3 Å². The zero-order valence-electron chi connectivity index (χ0n) is 18.5. The van der Waals surface area contributed by atoms with E-state index in [0.29, 0.717) is 33.2 Å². The van der Waals surface area contributed by atoms with Crippen LogP contribution in [0, 0.1) is 6.92 Å². The molecule has 4 rings (SSSR count). The van der Waals surface area contributed by atoms with Crippen LogP contribution in [0.4, 0.5) is 5.69 Å². The number of rotatable bonds is 7. The third kappa shape index (κ3) is 4.85. The third-order valence-corrected chi connectivity index (χ3v) is 5.94. The lowest BCUT2D eigenvalue weighted by Gasteiger charge is -2.15. The van der Waals surface area contributed by atoms with Crippen molar-refractivity contribution in [3.05, 3.63) is 82.6 Å². The monoisotopic (exact) mass is 461 g/mol. The molecule has 0 fully saturated rings. The zero-order valence-corrected chi connectivity index (χ0v) is 19.3. The van der Waals surface area contributed by atoms with Crippen LogP contribution < -0.4 is 20.3 Å². The van der Waals surface area contributed by atoms with Crippen molar-refractivity contribution in [3.63, 3.8) is 0 Å². The summed E-state index contributed by atoms with van der Waals surface area (Å²) in [6.07, 6.45) is 0. The van der Waals surface area contributed by atoms with Crippen molar-refractivity contribution in [2.24, 2.45) is 0 Å². The maximum absolute atomic E-state index is 13.4. The molecule has 0 unspecified atom stereocenters. The predicted molar refractivity (Wildman–Crippen MR) is 131 cm³/mol. The zero-order chi connectivity index (χ0) is 23.4. The van der Waals surface area contributed by atoms with Crippen LogP contribution in [-0.2, 0) is 4.79 Å². The molecule has 33 heavy (non-hydrogen) atoms. The Hall–Kier alpha value is -3.78. The van der Waals surface area contributed by atoms with Crippen LogP contribution in [0.2, 0.25) is 0 Å². The molecular formula is C25H23N3O4S. The summed E-state index contributed by atoms with van der Waals surface area (Å²) < 4.78 is 12.2. The van der Waals surface area contributed by atoms with Gasteiger partial charge in [-0.3, -0.25) is 14.2 Å². The molecule has 0 spiro atoms. The number of benzene rings is 3. The number of methoxy groups -OCH3 is 2. The Bertz CT molecular complexity index is 1380. The van der Waals surface area contributed by atoms with Gasteiger partial charge in [0.1, 0.15) is 0 Å². The fourth-order valence-corrected chi connectivity index (χ4v) is 4.26. The van der Waals surface area contributed by atoms with E-state index in [0.717, 1.165) is 11.3 Å². The molecular weight excluding hydrogens is 438 g/mol.